The molecule has 3 aliphatic rings. The molecule has 0 aromatic heterocycles. The maximum absolute atomic E-state index is 12.1. The van der Waals surface area contributed by atoms with E-state index in [0.717, 1.165) is 38.5 Å². The van der Waals surface area contributed by atoms with Gasteiger partial charge in [-0.1, -0.05) is 44.9 Å². The molecule has 3 heteroatoms. The van der Waals surface area contributed by atoms with Crippen molar-refractivity contribution < 1.29 is 14.3 Å². The predicted octanol–water partition coefficient (Wildman–Crippen LogP) is 3.36. The third-order valence-corrected chi connectivity index (χ3v) is 5.57. The largest absolute Gasteiger partial charge is 0.392 e. The molecule has 0 unspecified atom stereocenters. The average Bonchev–Trinajstić information content (AvgIpc) is 2.45. The monoisotopic (exact) mass is 250 g/mol. The minimum Gasteiger partial charge on any atom is -0.392 e. The van der Waals surface area contributed by atoms with Gasteiger partial charge in [-0.2, -0.15) is 0 Å². The van der Waals surface area contributed by atoms with Crippen LogP contribution in [0.3, 0.4) is 0 Å². The van der Waals surface area contributed by atoms with Crippen LogP contribution in [0.15, 0.2) is 0 Å². The van der Waals surface area contributed by atoms with E-state index >= 15 is 0 Å². The summed E-state index contributed by atoms with van der Waals surface area (Å²) in [6.07, 6.45) is 11.9. The minimum absolute atomic E-state index is 0.210. The van der Waals surface area contributed by atoms with Crippen LogP contribution in [0.4, 0.5) is 0 Å². The second kappa shape index (κ2) is 4.36. The highest BCUT2D eigenvalue weighted by molar-refractivity contribution is 6.03. The summed E-state index contributed by atoms with van der Waals surface area (Å²) in [5.41, 5.74) is -0.844. The number of ether oxygens (including phenoxy) is 1. The van der Waals surface area contributed by atoms with Crippen LogP contribution in [0, 0.1) is 10.8 Å². The topological polar surface area (TPSA) is 43.4 Å². The highest BCUT2D eigenvalue weighted by atomic mass is 16.6. The van der Waals surface area contributed by atoms with E-state index in [0.29, 0.717) is 0 Å². The summed E-state index contributed by atoms with van der Waals surface area (Å²) in [7, 11) is 0. The summed E-state index contributed by atoms with van der Waals surface area (Å²) < 4.78 is 5.02. The van der Waals surface area contributed by atoms with Crippen molar-refractivity contribution in [2.45, 2.75) is 70.6 Å². The molecule has 100 valence electrons. The molecular formula is C15H22O3. The van der Waals surface area contributed by atoms with Gasteiger partial charge in [-0.3, -0.25) is 9.59 Å². The van der Waals surface area contributed by atoms with Crippen LogP contribution in [-0.4, -0.2) is 11.9 Å². The molecule has 2 aliphatic carbocycles. The van der Waals surface area contributed by atoms with Gasteiger partial charge < -0.3 is 4.74 Å². The lowest BCUT2D eigenvalue weighted by atomic mass is 9.47. The zero-order valence-corrected chi connectivity index (χ0v) is 11.0. The molecule has 3 nitrogen and oxygen atoms in total. The molecule has 0 aromatic carbocycles. The number of carbonyl (C=O) groups is 2. The molecule has 3 fully saturated rings. The fraction of sp³-hybridized carbons (Fsp3) is 0.867. The van der Waals surface area contributed by atoms with Crippen molar-refractivity contribution in [1.29, 1.82) is 0 Å². The summed E-state index contributed by atoms with van der Waals surface area (Å²) in [5, 5.41) is 0. The third kappa shape index (κ3) is 1.49. The Kier molecular flexibility index (Phi) is 2.95. The lowest BCUT2D eigenvalue weighted by Crippen LogP contribution is -2.53. The van der Waals surface area contributed by atoms with Crippen molar-refractivity contribution in [2.24, 2.45) is 10.8 Å². The van der Waals surface area contributed by atoms with Crippen LogP contribution >= 0.6 is 0 Å². The summed E-state index contributed by atoms with van der Waals surface area (Å²) in [6.45, 7) is 0. The molecule has 1 aliphatic heterocycles. The molecule has 0 spiro atoms. The summed E-state index contributed by atoms with van der Waals surface area (Å²) in [5.74, 6) is -0.420. The second-order valence-corrected chi connectivity index (χ2v) is 6.32. The van der Waals surface area contributed by atoms with Gasteiger partial charge in [0.25, 0.3) is 0 Å². The quantitative estimate of drug-likeness (QED) is 0.489. The van der Waals surface area contributed by atoms with E-state index in [1.54, 1.807) is 0 Å². The van der Waals surface area contributed by atoms with Crippen LogP contribution in [0.1, 0.15) is 70.6 Å². The molecule has 1 heterocycles. The highest BCUT2D eigenvalue weighted by Crippen LogP contribution is 2.66. The Balaban J connectivity index is 1.86. The highest BCUT2D eigenvalue weighted by Gasteiger charge is 2.72. The van der Waals surface area contributed by atoms with E-state index in [1.807, 2.05) is 0 Å². The molecule has 1 saturated heterocycles. The van der Waals surface area contributed by atoms with E-state index in [-0.39, 0.29) is 11.9 Å². The van der Waals surface area contributed by atoms with Crippen molar-refractivity contribution in [1.82, 2.24) is 0 Å². The van der Waals surface area contributed by atoms with E-state index in [2.05, 4.69) is 0 Å². The summed E-state index contributed by atoms with van der Waals surface area (Å²) in [4.78, 5) is 24.2. The molecule has 0 N–H and O–H groups in total. The summed E-state index contributed by atoms with van der Waals surface area (Å²) in [6, 6.07) is 0. The van der Waals surface area contributed by atoms with Gasteiger partial charge in [-0.25, -0.2) is 0 Å². The van der Waals surface area contributed by atoms with E-state index in [4.69, 9.17) is 4.74 Å². The van der Waals surface area contributed by atoms with Gasteiger partial charge >= 0.3 is 11.9 Å². The van der Waals surface area contributed by atoms with Crippen LogP contribution in [-0.2, 0) is 14.3 Å². The average molecular weight is 250 g/mol. The van der Waals surface area contributed by atoms with Gasteiger partial charge in [0.2, 0.25) is 0 Å². The number of hydrogen-bond donors (Lipinski definition) is 0. The fourth-order valence-corrected chi connectivity index (χ4v) is 4.27. The predicted molar refractivity (Wildman–Crippen MR) is 66.8 cm³/mol. The van der Waals surface area contributed by atoms with Gasteiger partial charge in [0, 0.05) is 0 Å². The summed E-state index contributed by atoms with van der Waals surface area (Å²) >= 11 is 0. The Morgan fingerprint density at radius 1 is 0.611 bits per heavy atom. The Labute approximate surface area is 108 Å². The molecule has 18 heavy (non-hydrogen) atoms. The van der Waals surface area contributed by atoms with Crippen LogP contribution in [0.2, 0.25) is 0 Å². The van der Waals surface area contributed by atoms with E-state index < -0.39 is 10.8 Å². The first-order chi connectivity index (χ1) is 8.71. The first-order valence-electron chi connectivity index (χ1n) is 7.48. The zero-order valence-electron chi connectivity index (χ0n) is 11.0. The minimum atomic E-state index is -0.422. The SMILES string of the molecule is O=C1OC(=O)[C@]23CCCCCCCCC[C@]12CC3. The standard InChI is InChI=1S/C15H22O3/c16-12-14-8-6-4-2-1-3-5-7-9-15(14,11-10-14)13(17)18-12/h1-11H2/t14-,15+. The number of esters is 2. The molecule has 2 atom stereocenters. The number of rotatable bonds is 0. The van der Waals surface area contributed by atoms with Crippen LogP contribution in [0.5, 0.6) is 0 Å². The smallest absolute Gasteiger partial charge is 0.320 e. The van der Waals surface area contributed by atoms with Gasteiger partial charge in [-0.05, 0) is 25.7 Å². The lowest BCUT2D eigenvalue weighted by molar-refractivity contribution is -0.155. The third-order valence-electron chi connectivity index (χ3n) is 5.57. The normalized spacial score (nSPS) is 41.1. The number of carbonyl (C=O) groups excluding carboxylic acids is 2. The lowest BCUT2D eigenvalue weighted by Gasteiger charge is -2.50. The van der Waals surface area contributed by atoms with Crippen molar-refractivity contribution in [3.05, 3.63) is 0 Å². The molecule has 0 amide bonds. The molecule has 2 saturated carbocycles. The van der Waals surface area contributed by atoms with Gasteiger partial charge in [0.1, 0.15) is 0 Å². The maximum Gasteiger partial charge on any atom is 0.320 e. The molecule has 3 rings (SSSR count). The van der Waals surface area contributed by atoms with Crippen molar-refractivity contribution >= 4 is 11.9 Å². The molecule has 0 radical (unpaired) electrons. The first kappa shape index (κ1) is 12.2. The maximum atomic E-state index is 12.1. The van der Waals surface area contributed by atoms with Crippen molar-refractivity contribution in [3.63, 3.8) is 0 Å². The number of cyclic esters (lactones) is 2. The Morgan fingerprint density at radius 2 is 1.00 bits per heavy atom. The second-order valence-electron chi connectivity index (χ2n) is 6.32. The van der Waals surface area contributed by atoms with Crippen molar-refractivity contribution in [2.75, 3.05) is 0 Å². The first-order valence-corrected chi connectivity index (χ1v) is 7.48. The fourth-order valence-electron chi connectivity index (χ4n) is 4.27. The van der Waals surface area contributed by atoms with Gasteiger partial charge in [-0.15, -0.1) is 0 Å². The Bertz CT molecular complexity index is 342. The molecular weight excluding hydrogens is 228 g/mol. The van der Waals surface area contributed by atoms with Gasteiger partial charge in [0.05, 0.1) is 10.8 Å². The van der Waals surface area contributed by atoms with Crippen LogP contribution < -0.4 is 0 Å². The Hall–Kier alpha value is -0.860. The van der Waals surface area contributed by atoms with E-state index in [1.165, 1.54) is 32.1 Å². The number of hydrogen-bond acceptors (Lipinski definition) is 3. The van der Waals surface area contributed by atoms with E-state index in [9.17, 15) is 9.59 Å². The Morgan fingerprint density at radius 3 is 1.39 bits per heavy atom. The zero-order chi connectivity index (χ0) is 12.6. The van der Waals surface area contributed by atoms with Gasteiger partial charge in [0.15, 0.2) is 0 Å². The molecule has 0 bridgehead atoms. The van der Waals surface area contributed by atoms with Crippen molar-refractivity contribution in [3.8, 4) is 0 Å². The molecule has 0 aromatic rings. The van der Waals surface area contributed by atoms with Crippen LogP contribution in [0.25, 0.3) is 0 Å².